The number of nitrogens with one attached hydrogen (secondary N) is 1. The highest BCUT2D eigenvalue weighted by atomic mass is 35.5. The lowest BCUT2D eigenvalue weighted by molar-refractivity contribution is 0.399. The molecule has 0 spiro atoms. The zero-order valence-electron chi connectivity index (χ0n) is 10.5. The topological polar surface area (TPSA) is 21.3 Å². The van der Waals surface area contributed by atoms with Gasteiger partial charge in [0.1, 0.15) is 5.75 Å². The summed E-state index contributed by atoms with van der Waals surface area (Å²) < 4.78 is 5.37. The first-order valence-electron chi connectivity index (χ1n) is 5.90. The average Bonchev–Trinajstić information content (AvgIpc) is 2.34. The van der Waals surface area contributed by atoms with Gasteiger partial charge < -0.3 is 10.1 Å². The second-order valence-electron chi connectivity index (χ2n) is 3.92. The Morgan fingerprint density at radius 1 is 1.53 bits per heavy atom. The minimum absolute atomic E-state index is 0.209. The van der Waals surface area contributed by atoms with Crippen molar-refractivity contribution in [3.05, 3.63) is 41.4 Å². The van der Waals surface area contributed by atoms with E-state index >= 15 is 0 Å². The van der Waals surface area contributed by atoms with Gasteiger partial charge in [-0.2, -0.15) is 0 Å². The standard InChI is InChI=1S/C14H20ClNO/c1-4-6-13(16-9-5-2)12-10-11(15)7-8-14(12)17-3/h4,7-8,10,13,16H,1,5-6,9H2,2-3H3. The van der Waals surface area contributed by atoms with Crippen molar-refractivity contribution in [1.82, 2.24) is 5.32 Å². The SMILES string of the molecule is C=CCC(NCCC)c1cc(Cl)ccc1OC. The summed E-state index contributed by atoms with van der Waals surface area (Å²) in [6.07, 6.45) is 3.86. The molecule has 1 rings (SSSR count). The Labute approximate surface area is 109 Å². The summed E-state index contributed by atoms with van der Waals surface area (Å²) in [4.78, 5) is 0. The predicted octanol–water partition coefficient (Wildman–Crippen LogP) is 3.97. The third-order valence-corrected chi connectivity index (χ3v) is 2.85. The van der Waals surface area contributed by atoms with Gasteiger partial charge in [0.05, 0.1) is 7.11 Å². The molecule has 1 atom stereocenters. The monoisotopic (exact) mass is 253 g/mol. The summed E-state index contributed by atoms with van der Waals surface area (Å²) >= 11 is 6.04. The highest BCUT2D eigenvalue weighted by Crippen LogP contribution is 2.30. The molecule has 0 bridgehead atoms. The highest BCUT2D eigenvalue weighted by Gasteiger charge is 2.14. The van der Waals surface area contributed by atoms with Gasteiger partial charge in [-0.25, -0.2) is 0 Å². The molecule has 0 aliphatic heterocycles. The third kappa shape index (κ3) is 4.06. The third-order valence-electron chi connectivity index (χ3n) is 2.61. The lowest BCUT2D eigenvalue weighted by Crippen LogP contribution is -2.22. The maximum Gasteiger partial charge on any atom is 0.123 e. The van der Waals surface area contributed by atoms with Gasteiger partial charge in [0.15, 0.2) is 0 Å². The summed E-state index contributed by atoms with van der Waals surface area (Å²) in [5.74, 6) is 0.866. The highest BCUT2D eigenvalue weighted by molar-refractivity contribution is 6.30. The van der Waals surface area contributed by atoms with E-state index < -0.39 is 0 Å². The molecule has 0 saturated heterocycles. The van der Waals surface area contributed by atoms with E-state index in [2.05, 4.69) is 18.8 Å². The number of hydrogen-bond acceptors (Lipinski definition) is 2. The number of benzene rings is 1. The van der Waals surface area contributed by atoms with E-state index in [1.54, 1.807) is 7.11 Å². The Bertz CT molecular complexity index is 365. The number of rotatable bonds is 7. The molecular formula is C14H20ClNO. The van der Waals surface area contributed by atoms with Crippen LogP contribution in [0.25, 0.3) is 0 Å². The first kappa shape index (κ1) is 14.1. The molecule has 1 N–H and O–H groups in total. The maximum absolute atomic E-state index is 6.04. The summed E-state index contributed by atoms with van der Waals surface area (Å²) in [5, 5.41) is 4.21. The van der Waals surface area contributed by atoms with Gasteiger partial charge in [-0.15, -0.1) is 6.58 Å². The number of hydrogen-bond donors (Lipinski definition) is 1. The molecule has 0 radical (unpaired) electrons. The van der Waals surface area contributed by atoms with Gasteiger partial charge in [-0.3, -0.25) is 0 Å². The number of ether oxygens (including phenoxy) is 1. The fourth-order valence-electron chi connectivity index (χ4n) is 1.78. The van der Waals surface area contributed by atoms with Gasteiger partial charge in [0.25, 0.3) is 0 Å². The molecule has 0 aliphatic rings. The first-order valence-corrected chi connectivity index (χ1v) is 6.28. The van der Waals surface area contributed by atoms with Crippen LogP contribution in [-0.2, 0) is 0 Å². The number of halogens is 1. The van der Waals surface area contributed by atoms with Crippen LogP contribution in [0, 0.1) is 0 Å². The molecule has 1 aromatic carbocycles. The maximum atomic E-state index is 6.04. The summed E-state index contributed by atoms with van der Waals surface area (Å²) in [7, 11) is 1.68. The van der Waals surface area contributed by atoms with Crippen molar-refractivity contribution in [3.8, 4) is 5.75 Å². The van der Waals surface area contributed by atoms with Gasteiger partial charge in [-0.1, -0.05) is 24.6 Å². The van der Waals surface area contributed by atoms with Crippen LogP contribution in [0.4, 0.5) is 0 Å². The van der Waals surface area contributed by atoms with Crippen molar-refractivity contribution in [2.75, 3.05) is 13.7 Å². The second-order valence-corrected chi connectivity index (χ2v) is 4.35. The van der Waals surface area contributed by atoms with Crippen molar-refractivity contribution in [2.24, 2.45) is 0 Å². The van der Waals surface area contributed by atoms with E-state index in [1.807, 2.05) is 24.3 Å². The molecule has 0 aliphatic carbocycles. The molecule has 0 aromatic heterocycles. The quantitative estimate of drug-likeness (QED) is 0.743. The van der Waals surface area contributed by atoms with E-state index in [1.165, 1.54) is 0 Å². The van der Waals surface area contributed by atoms with Crippen molar-refractivity contribution in [3.63, 3.8) is 0 Å². The second kappa shape index (κ2) is 7.36. The molecule has 1 unspecified atom stereocenters. The molecule has 0 heterocycles. The Morgan fingerprint density at radius 3 is 2.88 bits per heavy atom. The van der Waals surface area contributed by atoms with Crippen LogP contribution in [0.1, 0.15) is 31.4 Å². The van der Waals surface area contributed by atoms with E-state index in [0.29, 0.717) is 0 Å². The average molecular weight is 254 g/mol. The van der Waals surface area contributed by atoms with Crippen LogP contribution >= 0.6 is 11.6 Å². The fourth-order valence-corrected chi connectivity index (χ4v) is 1.96. The van der Waals surface area contributed by atoms with Crippen LogP contribution in [0.3, 0.4) is 0 Å². The van der Waals surface area contributed by atoms with Gasteiger partial charge in [0.2, 0.25) is 0 Å². The van der Waals surface area contributed by atoms with E-state index in [-0.39, 0.29) is 6.04 Å². The summed E-state index contributed by atoms with van der Waals surface area (Å²) in [6, 6.07) is 5.91. The number of methoxy groups -OCH3 is 1. The van der Waals surface area contributed by atoms with E-state index in [0.717, 1.165) is 35.7 Å². The van der Waals surface area contributed by atoms with Crippen LogP contribution in [0.5, 0.6) is 5.75 Å². The zero-order chi connectivity index (χ0) is 12.7. The van der Waals surface area contributed by atoms with Crippen molar-refractivity contribution in [1.29, 1.82) is 0 Å². The molecule has 0 amide bonds. The van der Waals surface area contributed by atoms with E-state index in [9.17, 15) is 0 Å². The molecular weight excluding hydrogens is 234 g/mol. The van der Waals surface area contributed by atoms with Crippen LogP contribution in [0.2, 0.25) is 5.02 Å². The fraction of sp³-hybridized carbons (Fsp3) is 0.429. The normalized spacial score (nSPS) is 12.2. The molecule has 17 heavy (non-hydrogen) atoms. The van der Waals surface area contributed by atoms with Gasteiger partial charge in [-0.05, 0) is 37.6 Å². The Hall–Kier alpha value is -0.990. The summed E-state index contributed by atoms with van der Waals surface area (Å²) in [6.45, 7) is 6.91. The minimum atomic E-state index is 0.209. The molecule has 3 heteroatoms. The molecule has 94 valence electrons. The molecule has 2 nitrogen and oxygen atoms in total. The van der Waals surface area contributed by atoms with E-state index in [4.69, 9.17) is 16.3 Å². The van der Waals surface area contributed by atoms with Crippen molar-refractivity contribution in [2.45, 2.75) is 25.8 Å². The Kier molecular flexibility index (Phi) is 6.09. The largest absolute Gasteiger partial charge is 0.496 e. The molecule has 1 aromatic rings. The van der Waals surface area contributed by atoms with Crippen molar-refractivity contribution >= 4 is 11.6 Å². The first-order chi connectivity index (χ1) is 8.22. The molecule has 0 saturated carbocycles. The minimum Gasteiger partial charge on any atom is -0.496 e. The Balaban J connectivity index is 2.97. The predicted molar refractivity (Wildman–Crippen MR) is 73.9 cm³/mol. The van der Waals surface area contributed by atoms with Crippen molar-refractivity contribution < 1.29 is 4.74 Å². The van der Waals surface area contributed by atoms with Gasteiger partial charge >= 0.3 is 0 Å². The van der Waals surface area contributed by atoms with Gasteiger partial charge in [0, 0.05) is 16.6 Å². The Morgan fingerprint density at radius 2 is 2.29 bits per heavy atom. The van der Waals surface area contributed by atoms with Crippen LogP contribution in [0.15, 0.2) is 30.9 Å². The van der Waals surface area contributed by atoms with Crippen LogP contribution < -0.4 is 10.1 Å². The lowest BCUT2D eigenvalue weighted by atomic mass is 10.0. The smallest absolute Gasteiger partial charge is 0.123 e. The van der Waals surface area contributed by atoms with Crippen LogP contribution in [-0.4, -0.2) is 13.7 Å². The lowest BCUT2D eigenvalue weighted by Gasteiger charge is -2.20. The zero-order valence-corrected chi connectivity index (χ0v) is 11.3. The molecule has 0 fully saturated rings. The summed E-state index contributed by atoms with van der Waals surface area (Å²) in [5.41, 5.74) is 1.09.